The van der Waals surface area contributed by atoms with Crippen molar-refractivity contribution in [2.75, 3.05) is 24.7 Å². The van der Waals surface area contributed by atoms with Crippen LogP contribution in [0.4, 0.5) is 0 Å². The summed E-state index contributed by atoms with van der Waals surface area (Å²) >= 11 is 1.73. The van der Waals surface area contributed by atoms with Crippen LogP contribution in [0.1, 0.15) is 23.4 Å². The van der Waals surface area contributed by atoms with Crippen molar-refractivity contribution >= 4 is 23.7 Å². The number of aromatic nitrogens is 2. The molecule has 0 aliphatic rings. The Morgan fingerprint density at radius 3 is 2.80 bits per heavy atom. The van der Waals surface area contributed by atoms with Crippen LogP contribution in [-0.4, -0.2) is 45.5 Å². The first-order chi connectivity index (χ1) is 9.56. The van der Waals surface area contributed by atoms with Crippen molar-refractivity contribution in [2.45, 2.75) is 20.3 Å². The highest BCUT2D eigenvalue weighted by Crippen LogP contribution is 2.13. The Kier molecular flexibility index (Phi) is 7.40. The van der Waals surface area contributed by atoms with Gasteiger partial charge in [-0.2, -0.15) is 16.9 Å². The molecule has 1 amide bonds. The third-order valence-electron chi connectivity index (χ3n) is 2.96. The van der Waals surface area contributed by atoms with Gasteiger partial charge in [-0.15, -0.1) is 0 Å². The Hall–Kier alpha value is -1.27. The molecule has 0 radical (unpaired) electrons. The van der Waals surface area contributed by atoms with E-state index in [4.69, 9.17) is 5.11 Å². The number of amides is 1. The molecule has 0 aliphatic heterocycles. The van der Waals surface area contributed by atoms with Gasteiger partial charge in [0.2, 0.25) is 5.91 Å². The highest BCUT2D eigenvalue weighted by Gasteiger charge is 2.06. The van der Waals surface area contributed by atoms with E-state index in [1.165, 1.54) is 0 Å². The molecule has 1 aromatic rings. The normalized spacial score (nSPS) is 11.2. The van der Waals surface area contributed by atoms with Crippen LogP contribution in [0.3, 0.4) is 0 Å². The minimum Gasteiger partial charge on any atom is -0.396 e. The zero-order valence-corrected chi connectivity index (χ0v) is 13.2. The standard InChI is InChI=1S/C14H23N3O2S/c1-11-13(12(2)17(3)16-11)5-6-14(19)15-7-10-20-9-4-8-18/h5-6,18H,4,7-10H2,1-3H3,(H,15,19)/b6-5+. The van der Waals surface area contributed by atoms with Gasteiger partial charge < -0.3 is 10.4 Å². The van der Waals surface area contributed by atoms with E-state index in [-0.39, 0.29) is 12.5 Å². The number of nitrogens with one attached hydrogen (secondary N) is 1. The van der Waals surface area contributed by atoms with Crippen LogP contribution in [-0.2, 0) is 11.8 Å². The smallest absolute Gasteiger partial charge is 0.244 e. The number of carbonyl (C=O) groups is 1. The maximum Gasteiger partial charge on any atom is 0.244 e. The third-order valence-corrected chi connectivity index (χ3v) is 4.03. The van der Waals surface area contributed by atoms with E-state index in [1.807, 2.05) is 31.7 Å². The van der Waals surface area contributed by atoms with Crippen molar-refractivity contribution in [3.63, 3.8) is 0 Å². The summed E-state index contributed by atoms with van der Waals surface area (Å²) in [5, 5.41) is 15.8. The summed E-state index contributed by atoms with van der Waals surface area (Å²) in [6, 6.07) is 0. The van der Waals surface area contributed by atoms with Crippen LogP contribution in [0.25, 0.3) is 6.08 Å². The van der Waals surface area contributed by atoms with Crippen molar-refractivity contribution in [1.29, 1.82) is 0 Å². The topological polar surface area (TPSA) is 67.2 Å². The molecule has 0 fully saturated rings. The van der Waals surface area contributed by atoms with Crippen LogP contribution in [0.2, 0.25) is 0 Å². The molecule has 1 heterocycles. The van der Waals surface area contributed by atoms with E-state index in [0.29, 0.717) is 6.54 Å². The molecule has 2 N–H and O–H groups in total. The Morgan fingerprint density at radius 1 is 1.45 bits per heavy atom. The minimum atomic E-state index is -0.0876. The van der Waals surface area contributed by atoms with Crippen molar-refractivity contribution in [3.8, 4) is 0 Å². The van der Waals surface area contributed by atoms with E-state index < -0.39 is 0 Å². The minimum absolute atomic E-state index is 0.0876. The molecule has 1 rings (SSSR count). The van der Waals surface area contributed by atoms with Gasteiger partial charge in [-0.05, 0) is 32.1 Å². The lowest BCUT2D eigenvalue weighted by Gasteiger charge is -2.02. The second-order valence-corrected chi connectivity index (χ2v) is 5.75. The van der Waals surface area contributed by atoms with Crippen LogP contribution >= 0.6 is 11.8 Å². The van der Waals surface area contributed by atoms with Crippen LogP contribution in [0, 0.1) is 13.8 Å². The van der Waals surface area contributed by atoms with Crippen molar-refractivity contribution < 1.29 is 9.90 Å². The molecule has 0 bridgehead atoms. The van der Waals surface area contributed by atoms with Gasteiger partial charge in [-0.25, -0.2) is 0 Å². The second kappa shape index (κ2) is 8.81. The maximum absolute atomic E-state index is 11.7. The first-order valence-corrected chi connectivity index (χ1v) is 7.86. The highest BCUT2D eigenvalue weighted by atomic mass is 32.2. The van der Waals surface area contributed by atoms with Gasteiger partial charge in [-0.3, -0.25) is 9.48 Å². The quantitative estimate of drug-likeness (QED) is 0.560. The summed E-state index contributed by atoms with van der Waals surface area (Å²) in [7, 11) is 1.89. The molecular formula is C14H23N3O2S. The van der Waals surface area contributed by atoms with E-state index >= 15 is 0 Å². The monoisotopic (exact) mass is 297 g/mol. The number of aliphatic hydroxyl groups excluding tert-OH is 1. The fourth-order valence-electron chi connectivity index (χ4n) is 1.76. The summed E-state index contributed by atoms with van der Waals surface area (Å²) < 4.78 is 1.81. The number of hydrogen-bond acceptors (Lipinski definition) is 4. The Balaban J connectivity index is 2.33. The molecule has 20 heavy (non-hydrogen) atoms. The van der Waals surface area contributed by atoms with Crippen LogP contribution < -0.4 is 5.32 Å². The van der Waals surface area contributed by atoms with E-state index in [2.05, 4.69) is 10.4 Å². The molecule has 5 nitrogen and oxygen atoms in total. The van der Waals surface area contributed by atoms with Gasteiger partial charge in [0.15, 0.2) is 0 Å². The predicted octanol–water partition coefficient (Wildman–Crippen LogP) is 1.28. The lowest BCUT2D eigenvalue weighted by molar-refractivity contribution is -0.116. The average Bonchev–Trinajstić information content (AvgIpc) is 2.65. The fourth-order valence-corrected chi connectivity index (χ4v) is 2.55. The van der Waals surface area contributed by atoms with Crippen molar-refractivity contribution in [3.05, 3.63) is 23.0 Å². The summed E-state index contributed by atoms with van der Waals surface area (Å²) in [4.78, 5) is 11.7. The molecule has 0 aliphatic carbocycles. The molecule has 6 heteroatoms. The molecule has 0 atom stereocenters. The molecule has 0 saturated heterocycles. The predicted molar refractivity (Wildman–Crippen MR) is 83.8 cm³/mol. The third kappa shape index (κ3) is 5.38. The molecule has 0 aromatic carbocycles. The van der Waals surface area contributed by atoms with Gasteiger partial charge in [0.05, 0.1) is 5.69 Å². The lowest BCUT2D eigenvalue weighted by Crippen LogP contribution is -2.23. The summed E-state index contributed by atoms with van der Waals surface area (Å²) in [6.45, 7) is 4.79. The molecule has 0 unspecified atom stereocenters. The first-order valence-electron chi connectivity index (χ1n) is 6.71. The molecule has 0 spiro atoms. The van der Waals surface area contributed by atoms with Gasteiger partial charge in [0.25, 0.3) is 0 Å². The lowest BCUT2D eigenvalue weighted by atomic mass is 10.2. The van der Waals surface area contributed by atoms with Crippen molar-refractivity contribution in [1.82, 2.24) is 15.1 Å². The molecule has 112 valence electrons. The summed E-state index contributed by atoms with van der Waals surface area (Å²) in [6.07, 6.45) is 4.17. The average molecular weight is 297 g/mol. The number of hydrogen-bond donors (Lipinski definition) is 2. The number of carbonyl (C=O) groups excluding carboxylic acids is 1. The van der Waals surface area contributed by atoms with E-state index in [0.717, 1.165) is 34.9 Å². The Bertz CT molecular complexity index is 469. The van der Waals surface area contributed by atoms with Crippen LogP contribution in [0.15, 0.2) is 6.08 Å². The zero-order valence-electron chi connectivity index (χ0n) is 12.3. The number of aryl methyl sites for hydroxylation is 2. The Morgan fingerprint density at radius 2 is 2.20 bits per heavy atom. The molecular weight excluding hydrogens is 274 g/mol. The zero-order chi connectivity index (χ0) is 15.0. The number of rotatable bonds is 8. The SMILES string of the molecule is Cc1nn(C)c(C)c1/C=C/C(=O)NCCSCCCO. The first kappa shape index (κ1) is 16.8. The largest absolute Gasteiger partial charge is 0.396 e. The van der Waals surface area contributed by atoms with Gasteiger partial charge in [-0.1, -0.05) is 0 Å². The van der Waals surface area contributed by atoms with E-state index in [1.54, 1.807) is 17.8 Å². The van der Waals surface area contributed by atoms with Crippen LogP contribution in [0.5, 0.6) is 0 Å². The van der Waals surface area contributed by atoms with Gasteiger partial charge >= 0.3 is 0 Å². The maximum atomic E-state index is 11.7. The second-order valence-electron chi connectivity index (χ2n) is 4.52. The number of aliphatic hydroxyl groups is 1. The summed E-state index contributed by atoms with van der Waals surface area (Å²) in [5.41, 5.74) is 2.97. The number of thioether (sulfide) groups is 1. The van der Waals surface area contributed by atoms with Gasteiger partial charge in [0.1, 0.15) is 0 Å². The fraction of sp³-hybridized carbons (Fsp3) is 0.571. The highest BCUT2D eigenvalue weighted by molar-refractivity contribution is 7.99. The number of nitrogens with zero attached hydrogens (tertiary/aromatic N) is 2. The molecule has 0 saturated carbocycles. The van der Waals surface area contributed by atoms with Gasteiger partial charge in [0, 0.05) is 43.3 Å². The van der Waals surface area contributed by atoms with Crippen molar-refractivity contribution in [2.24, 2.45) is 7.05 Å². The van der Waals surface area contributed by atoms with E-state index in [9.17, 15) is 4.79 Å². The Labute approximate surface area is 124 Å². The summed E-state index contributed by atoms with van der Waals surface area (Å²) in [5.74, 6) is 1.70. The molecule has 1 aromatic heterocycles.